The summed E-state index contributed by atoms with van der Waals surface area (Å²) in [5.74, 6) is -1.13. The first-order chi connectivity index (χ1) is 12.3. The molecule has 0 bridgehead atoms. The molecule has 0 atom stereocenters. The van der Waals surface area contributed by atoms with Crippen molar-refractivity contribution in [3.8, 4) is 11.1 Å². The second kappa shape index (κ2) is 7.00. The minimum atomic E-state index is -4.58. The highest BCUT2D eigenvalue weighted by Crippen LogP contribution is 2.38. The maximum Gasteiger partial charge on any atom is 0.417 e. The van der Waals surface area contributed by atoms with E-state index < -0.39 is 23.5 Å². The molecule has 26 heavy (non-hydrogen) atoms. The van der Waals surface area contributed by atoms with Crippen molar-refractivity contribution >= 4 is 11.6 Å². The average molecular weight is 359 g/mol. The summed E-state index contributed by atoms with van der Waals surface area (Å²) in [6, 6.07) is 16.5. The summed E-state index contributed by atoms with van der Waals surface area (Å²) < 4.78 is 53.3. The third kappa shape index (κ3) is 3.91. The number of carbonyl (C=O) groups excluding carboxylic acids is 1. The van der Waals surface area contributed by atoms with E-state index in [0.717, 1.165) is 18.2 Å². The second-order valence-corrected chi connectivity index (χ2v) is 5.59. The fourth-order valence-electron chi connectivity index (χ4n) is 2.53. The Labute approximate surface area is 147 Å². The zero-order valence-electron chi connectivity index (χ0n) is 13.3. The minimum absolute atomic E-state index is 0.00586. The number of anilines is 1. The van der Waals surface area contributed by atoms with Crippen LogP contribution in [0.1, 0.15) is 15.9 Å². The molecule has 1 amide bonds. The molecule has 0 heterocycles. The predicted molar refractivity (Wildman–Crippen MR) is 91.2 cm³/mol. The van der Waals surface area contributed by atoms with Gasteiger partial charge in [0.25, 0.3) is 5.91 Å². The van der Waals surface area contributed by atoms with Crippen molar-refractivity contribution < 1.29 is 22.4 Å². The topological polar surface area (TPSA) is 29.1 Å². The van der Waals surface area contributed by atoms with Crippen molar-refractivity contribution in [2.75, 3.05) is 5.32 Å². The Kier molecular flexibility index (Phi) is 4.75. The van der Waals surface area contributed by atoms with Crippen LogP contribution in [0.2, 0.25) is 0 Å². The summed E-state index contributed by atoms with van der Waals surface area (Å²) in [6.45, 7) is 0. The molecule has 0 fully saturated rings. The van der Waals surface area contributed by atoms with Gasteiger partial charge in [-0.2, -0.15) is 13.2 Å². The lowest BCUT2D eigenvalue weighted by molar-refractivity contribution is -0.137. The van der Waals surface area contributed by atoms with Gasteiger partial charge in [-0.3, -0.25) is 4.79 Å². The van der Waals surface area contributed by atoms with Crippen molar-refractivity contribution in [1.82, 2.24) is 0 Å². The van der Waals surface area contributed by atoms with Gasteiger partial charge >= 0.3 is 6.18 Å². The summed E-state index contributed by atoms with van der Waals surface area (Å²) in [7, 11) is 0. The first-order valence-electron chi connectivity index (χ1n) is 7.68. The molecule has 2 nitrogen and oxygen atoms in total. The molecule has 0 radical (unpaired) electrons. The lowest BCUT2D eigenvalue weighted by Crippen LogP contribution is -2.14. The number of benzene rings is 3. The van der Waals surface area contributed by atoms with Gasteiger partial charge in [0, 0.05) is 11.3 Å². The summed E-state index contributed by atoms with van der Waals surface area (Å²) in [6.07, 6.45) is -4.58. The van der Waals surface area contributed by atoms with Crippen LogP contribution < -0.4 is 5.32 Å². The number of alkyl halides is 3. The minimum Gasteiger partial charge on any atom is -0.322 e. The van der Waals surface area contributed by atoms with Crippen LogP contribution in [0.5, 0.6) is 0 Å². The Hall–Kier alpha value is -3.15. The van der Waals surface area contributed by atoms with E-state index in [2.05, 4.69) is 5.32 Å². The molecule has 0 aromatic heterocycles. The molecule has 0 saturated carbocycles. The van der Waals surface area contributed by atoms with Crippen LogP contribution in [-0.2, 0) is 6.18 Å². The van der Waals surface area contributed by atoms with Gasteiger partial charge in [-0.15, -0.1) is 0 Å². The van der Waals surface area contributed by atoms with Crippen LogP contribution in [0.3, 0.4) is 0 Å². The first kappa shape index (κ1) is 17.7. The molecule has 6 heteroatoms. The van der Waals surface area contributed by atoms with Gasteiger partial charge in [0.15, 0.2) is 0 Å². The van der Waals surface area contributed by atoms with Gasteiger partial charge in [-0.1, -0.05) is 36.4 Å². The monoisotopic (exact) mass is 359 g/mol. The highest BCUT2D eigenvalue weighted by atomic mass is 19.4. The van der Waals surface area contributed by atoms with E-state index in [1.165, 1.54) is 24.3 Å². The molecular formula is C20H13F4NO. The van der Waals surface area contributed by atoms with E-state index in [1.54, 1.807) is 30.3 Å². The van der Waals surface area contributed by atoms with E-state index in [-0.39, 0.29) is 16.8 Å². The van der Waals surface area contributed by atoms with Gasteiger partial charge in [0.1, 0.15) is 5.82 Å². The first-order valence-corrected chi connectivity index (χ1v) is 7.68. The largest absolute Gasteiger partial charge is 0.417 e. The molecule has 132 valence electrons. The maximum atomic E-state index is 13.5. The summed E-state index contributed by atoms with van der Waals surface area (Å²) in [5.41, 5.74) is -0.242. The third-order valence-corrected chi connectivity index (χ3v) is 3.77. The van der Waals surface area contributed by atoms with Crippen molar-refractivity contribution in [1.29, 1.82) is 0 Å². The lowest BCUT2D eigenvalue weighted by Gasteiger charge is -2.15. The second-order valence-electron chi connectivity index (χ2n) is 5.59. The fraction of sp³-hybridized carbons (Fsp3) is 0.0500. The molecule has 3 aromatic rings. The number of carbonyl (C=O) groups is 1. The van der Waals surface area contributed by atoms with Crippen molar-refractivity contribution in [3.63, 3.8) is 0 Å². The number of rotatable bonds is 3. The molecule has 0 aliphatic carbocycles. The molecular weight excluding hydrogens is 346 g/mol. The van der Waals surface area contributed by atoms with Crippen LogP contribution in [0.15, 0.2) is 72.8 Å². The number of halogens is 4. The van der Waals surface area contributed by atoms with E-state index in [4.69, 9.17) is 0 Å². The Morgan fingerprint density at radius 2 is 1.50 bits per heavy atom. The van der Waals surface area contributed by atoms with Crippen molar-refractivity contribution in [2.24, 2.45) is 0 Å². The molecule has 1 N–H and O–H groups in total. The van der Waals surface area contributed by atoms with Gasteiger partial charge < -0.3 is 5.32 Å². The Morgan fingerprint density at radius 1 is 0.846 bits per heavy atom. The van der Waals surface area contributed by atoms with Crippen LogP contribution >= 0.6 is 0 Å². The number of hydrogen-bond acceptors (Lipinski definition) is 1. The molecule has 0 aliphatic rings. The van der Waals surface area contributed by atoms with Crippen LogP contribution in [0.25, 0.3) is 11.1 Å². The summed E-state index contributed by atoms with van der Waals surface area (Å²) in [4.78, 5) is 12.1. The third-order valence-electron chi connectivity index (χ3n) is 3.77. The number of nitrogens with one attached hydrogen (secondary N) is 1. The quantitative estimate of drug-likeness (QED) is 0.592. The normalized spacial score (nSPS) is 11.2. The zero-order valence-corrected chi connectivity index (χ0v) is 13.3. The molecule has 0 spiro atoms. The average Bonchev–Trinajstić information content (AvgIpc) is 2.62. The molecule has 0 saturated heterocycles. The van der Waals surface area contributed by atoms with E-state index in [0.29, 0.717) is 5.56 Å². The standard InChI is InChI=1S/C20H13F4NO/c21-15-8-6-14(7-9-15)19(26)25-16-10-11-17(13-4-2-1-3-5-13)18(12-16)20(22,23)24/h1-12H,(H,25,26). The predicted octanol–water partition coefficient (Wildman–Crippen LogP) is 5.76. The molecule has 0 aliphatic heterocycles. The maximum absolute atomic E-state index is 13.5. The SMILES string of the molecule is O=C(Nc1ccc(-c2ccccc2)c(C(F)(F)F)c1)c1ccc(F)cc1. The lowest BCUT2D eigenvalue weighted by atomic mass is 9.98. The highest BCUT2D eigenvalue weighted by molar-refractivity contribution is 6.04. The van der Waals surface area contributed by atoms with Crippen molar-refractivity contribution in [2.45, 2.75) is 6.18 Å². The van der Waals surface area contributed by atoms with E-state index >= 15 is 0 Å². The van der Waals surface area contributed by atoms with Crippen LogP contribution in [-0.4, -0.2) is 5.91 Å². The van der Waals surface area contributed by atoms with E-state index in [9.17, 15) is 22.4 Å². The van der Waals surface area contributed by atoms with Gasteiger partial charge in [-0.25, -0.2) is 4.39 Å². The van der Waals surface area contributed by atoms with Gasteiger partial charge in [-0.05, 0) is 47.5 Å². The summed E-state index contributed by atoms with van der Waals surface area (Å²) in [5, 5.41) is 2.41. The fourth-order valence-corrected chi connectivity index (χ4v) is 2.53. The van der Waals surface area contributed by atoms with Crippen LogP contribution in [0, 0.1) is 5.82 Å². The van der Waals surface area contributed by atoms with E-state index in [1.807, 2.05) is 0 Å². The molecule has 3 rings (SSSR count). The molecule has 3 aromatic carbocycles. The van der Waals surface area contributed by atoms with Crippen molar-refractivity contribution in [3.05, 3.63) is 89.7 Å². The number of hydrogen-bond donors (Lipinski definition) is 1. The van der Waals surface area contributed by atoms with Gasteiger partial charge in [0.2, 0.25) is 0 Å². The highest BCUT2D eigenvalue weighted by Gasteiger charge is 2.34. The summed E-state index contributed by atoms with van der Waals surface area (Å²) >= 11 is 0. The Morgan fingerprint density at radius 3 is 2.12 bits per heavy atom. The smallest absolute Gasteiger partial charge is 0.322 e. The zero-order chi connectivity index (χ0) is 18.7. The van der Waals surface area contributed by atoms with Crippen LogP contribution in [0.4, 0.5) is 23.2 Å². The molecule has 0 unspecified atom stereocenters. The van der Waals surface area contributed by atoms with Gasteiger partial charge in [0.05, 0.1) is 5.56 Å². The Balaban J connectivity index is 1.94. The Bertz CT molecular complexity index is 919. The number of amides is 1.